The summed E-state index contributed by atoms with van der Waals surface area (Å²) < 4.78 is 5.09. The number of aliphatic hydroxyl groups excluding tert-OH is 1. The Morgan fingerprint density at radius 3 is 2.93 bits per heavy atom. The third-order valence-corrected chi connectivity index (χ3v) is 2.99. The monoisotopic (exact) mass is 215 g/mol. The van der Waals surface area contributed by atoms with E-state index in [0.29, 0.717) is 5.92 Å². The molecule has 0 saturated heterocycles. The quantitative estimate of drug-likeness (QED) is 0.755. The minimum Gasteiger partial charge on any atom is -0.487 e. The van der Waals surface area contributed by atoms with E-state index in [2.05, 4.69) is 11.4 Å². The lowest BCUT2D eigenvalue weighted by Gasteiger charge is -2.07. The van der Waals surface area contributed by atoms with Gasteiger partial charge in [-0.25, -0.2) is 0 Å². The van der Waals surface area contributed by atoms with Crippen molar-refractivity contribution >= 4 is 11.3 Å². The normalized spacial score (nSPS) is 12.8. The van der Waals surface area contributed by atoms with Crippen LogP contribution in [0.4, 0.5) is 0 Å². The predicted octanol–water partition coefficient (Wildman–Crippen LogP) is 1.47. The van der Waals surface area contributed by atoms with Gasteiger partial charge in [0.15, 0.2) is 5.06 Å². The minimum atomic E-state index is 0.237. The molecule has 1 aromatic heterocycles. The van der Waals surface area contributed by atoms with E-state index in [1.54, 1.807) is 18.4 Å². The summed E-state index contributed by atoms with van der Waals surface area (Å²) in [5.74, 6) is 0.317. The molecule has 1 aromatic rings. The molecule has 0 spiro atoms. The van der Waals surface area contributed by atoms with Crippen molar-refractivity contribution in [1.29, 1.82) is 0 Å². The van der Waals surface area contributed by atoms with E-state index >= 15 is 0 Å². The molecule has 0 saturated carbocycles. The Kier molecular flexibility index (Phi) is 4.93. The molecule has 3 nitrogen and oxygen atoms in total. The Labute approximate surface area is 88.7 Å². The molecule has 4 heteroatoms. The second kappa shape index (κ2) is 6.01. The maximum atomic E-state index is 8.82. The smallest absolute Gasteiger partial charge is 0.173 e. The summed E-state index contributed by atoms with van der Waals surface area (Å²) in [6.07, 6.45) is 0. The Hall–Kier alpha value is -0.580. The third-order valence-electron chi connectivity index (χ3n) is 1.94. The number of hydrogen-bond acceptors (Lipinski definition) is 4. The first-order valence-electron chi connectivity index (χ1n) is 4.70. The molecule has 1 unspecified atom stereocenters. The zero-order valence-electron chi connectivity index (χ0n) is 8.62. The summed E-state index contributed by atoms with van der Waals surface area (Å²) in [6.45, 7) is 3.94. The van der Waals surface area contributed by atoms with E-state index < -0.39 is 0 Å². The Bertz CT molecular complexity index is 262. The van der Waals surface area contributed by atoms with Crippen LogP contribution in [0.5, 0.6) is 5.06 Å². The van der Waals surface area contributed by atoms with Crippen LogP contribution in [-0.4, -0.2) is 25.4 Å². The van der Waals surface area contributed by atoms with Gasteiger partial charge in [0, 0.05) is 24.6 Å². The number of methoxy groups -OCH3 is 1. The van der Waals surface area contributed by atoms with Gasteiger partial charge in [-0.2, -0.15) is 0 Å². The molecular weight excluding hydrogens is 198 g/mol. The van der Waals surface area contributed by atoms with Gasteiger partial charge in [-0.15, -0.1) is 11.3 Å². The van der Waals surface area contributed by atoms with E-state index in [1.165, 1.54) is 4.88 Å². The molecule has 0 fully saturated rings. The Morgan fingerprint density at radius 2 is 2.36 bits per heavy atom. The van der Waals surface area contributed by atoms with Crippen LogP contribution in [0.3, 0.4) is 0 Å². The van der Waals surface area contributed by atoms with E-state index in [4.69, 9.17) is 9.84 Å². The van der Waals surface area contributed by atoms with Crippen LogP contribution < -0.4 is 10.1 Å². The average molecular weight is 215 g/mol. The lowest BCUT2D eigenvalue weighted by atomic mass is 10.2. The van der Waals surface area contributed by atoms with Crippen LogP contribution in [0.15, 0.2) is 12.1 Å². The van der Waals surface area contributed by atoms with E-state index in [1.807, 2.05) is 13.0 Å². The summed E-state index contributed by atoms with van der Waals surface area (Å²) in [5, 5.41) is 13.0. The molecule has 0 amide bonds. The van der Waals surface area contributed by atoms with Gasteiger partial charge in [-0.05, 0) is 18.1 Å². The lowest BCUT2D eigenvalue weighted by Crippen LogP contribution is -2.22. The minimum absolute atomic E-state index is 0.237. The van der Waals surface area contributed by atoms with Gasteiger partial charge in [0.2, 0.25) is 0 Å². The largest absolute Gasteiger partial charge is 0.487 e. The van der Waals surface area contributed by atoms with Crippen LogP contribution in [-0.2, 0) is 6.54 Å². The van der Waals surface area contributed by atoms with Gasteiger partial charge < -0.3 is 15.2 Å². The second-order valence-electron chi connectivity index (χ2n) is 3.34. The zero-order valence-corrected chi connectivity index (χ0v) is 9.43. The van der Waals surface area contributed by atoms with Gasteiger partial charge >= 0.3 is 0 Å². The standard InChI is InChI=1S/C10H17NO2S/c1-8(7-12)5-11-6-9-3-4-10(13-2)14-9/h3-4,8,11-12H,5-7H2,1-2H3. The number of ether oxygens (including phenoxy) is 1. The molecule has 1 rings (SSSR count). The summed E-state index contributed by atoms with van der Waals surface area (Å²) in [6, 6.07) is 4.03. The van der Waals surface area contributed by atoms with Crippen LogP contribution >= 0.6 is 11.3 Å². The number of aliphatic hydroxyl groups is 1. The second-order valence-corrected chi connectivity index (χ2v) is 4.47. The molecular formula is C10H17NO2S. The van der Waals surface area contributed by atoms with Crippen molar-refractivity contribution in [3.63, 3.8) is 0 Å². The topological polar surface area (TPSA) is 41.5 Å². The maximum absolute atomic E-state index is 8.82. The molecule has 1 atom stereocenters. The first-order chi connectivity index (χ1) is 6.76. The van der Waals surface area contributed by atoms with Gasteiger partial charge in [0.1, 0.15) is 0 Å². The van der Waals surface area contributed by atoms with Crippen molar-refractivity contribution < 1.29 is 9.84 Å². The summed E-state index contributed by atoms with van der Waals surface area (Å²) >= 11 is 1.64. The fraction of sp³-hybridized carbons (Fsp3) is 0.600. The predicted molar refractivity (Wildman–Crippen MR) is 58.8 cm³/mol. The fourth-order valence-electron chi connectivity index (χ4n) is 1.07. The Morgan fingerprint density at radius 1 is 1.57 bits per heavy atom. The molecule has 1 heterocycles. The maximum Gasteiger partial charge on any atom is 0.173 e. The van der Waals surface area contributed by atoms with E-state index in [-0.39, 0.29) is 6.61 Å². The molecule has 80 valence electrons. The first-order valence-corrected chi connectivity index (χ1v) is 5.52. The van der Waals surface area contributed by atoms with E-state index in [0.717, 1.165) is 18.2 Å². The van der Waals surface area contributed by atoms with Crippen molar-refractivity contribution in [2.75, 3.05) is 20.3 Å². The van der Waals surface area contributed by atoms with Gasteiger partial charge in [-0.1, -0.05) is 6.92 Å². The van der Waals surface area contributed by atoms with E-state index in [9.17, 15) is 0 Å². The third kappa shape index (κ3) is 3.65. The van der Waals surface area contributed by atoms with Crippen molar-refractivity contribution in [2.24, 2.45) is 5.92 Å². The van der Waals surface area contributed by atoms with Gasteiger partial charge in [0.05, 0.1) is 7.11 Å². The highest BCUT2D eigenvalue weighted by Crippen LogP contribution is 2.23. The molecule has 0 radical (unpaired) electrons. The molecule has 2 N–H and O–H groups in total. The summed E-state index contributed by atoms with van der Waals surface area (Å²) in [7, 11) is 1.68. The van der Waals surface area contributed by atoms with Crippen LogP contribution in [0, 0.1) is 5.92 Å². The highest BCUT2D eigenvalue weighted by atomic mass is 32.1. The molecule has 0 aliphatic rings. The van der Waals surface area contributed by atoms with Crippen molar-refractivity contribution in [1.82, 2.24) is 5.32 Å². The highest BCUT2D eigenvalue weighted by molar-refractivity contribution is 7.13. The molecule has 0 aromatic carbocycles. The zero-order chi connectivity index (χ0) is 10.4. The number of hydrogen-bond donors (Lipinski definition) is 2. The number of nitrogens with one attached hydrogen (secondary N) is 1. The summed E-state index contributed by atoms with van der Waals surface area (Å²) in [5.41, 5.74) is 0. The molecule has 14 heavy (non-hydrogen) atoms. The number of thiophene rings is 1. The van der Waals surface area contributed by atoms with Gasteiger partial charge in [0.25, 0.3) is 0 Å². The average Bonchev–Trinajstić information content (AvgIpc) is 2.65. The SMILES string of the molecule is COc1ccc(CNCC(C)CO)s1. The van der Waals surface area contributed by atoms with Crippen molar-refractivity contribution in [3.05, 3.63) is 17.0 Å². The van der Waals surface area contributed by atoms with Crippen LogP contribution in [0.1, 0.15) is 11.8 Å². The van der Waals surface area contributed by atoms with Crippen molar-refractivity contribution in [2.45, 2.75) is 13.5 Å². The molecule has 0 bridgehead atoms. The van der Waals surface area contributed by atoms with Crippen LogP contribution in [0.2, 0.25) is 0 Å². The first kappa shape index (κ1) is 11.5. The molecule has 0 aliphatic carbocycles. The molecule has 0 aliphatic heterocycles. The highest BCUT2D eigenvalue weighted by Gasteiger charge is 2.01. The summed E-state index contributed by atoms with van der Waals surface area (Å²) in [4.78, 5) is 1.26. The van der Waals surface area contributed by atoms with Gasteiger partial charge in [-0.3, -0.25) is 0 Å². The number of rotatable bonds is 6. The Balaban J connectivity index is 2.24. The van der Waals surface area contributed by atoms with Crippen LogP contribution in [0.25, 0.3) is 0 Å². The fourth-order valence-corrected chi connectivity index (χ4v) is 1.86. The van der Waals surface area contributed by atoms with Crippen molar-refractivity contribution in [3.8, 4) is 5.06 Å². The lowest BCUT2D eigenvalue weighted by molar-refractivity contribution is 0.233.